The Hall–Kier alpha value is -5.46. The van der Waals surface area contributed by atoms with Gasteiger partial charge in [0.1, 0.15) is 5.75 Å². The van der Waals surface area contributed by atoms with E-state index in [0.29, 0.717) is 37.6 Å². The molecule has 50 heavy (non-hydrogen) atoms. The summed E-state index contributed by atoms with van der Waals surface area (Å²) < 4.78 is 12.5. The molecule has 0 bridgehead atoms. The lowest BCUT2D eigenvalue weighted by Gasteiger charge is -2.30. The number of hydrogen-bond donors (Lipinski definition) is 2. The third kappa shape index (κ3) is 8.76. The van der Waals surface area contributed by atoms with Gasteiger partial charge < -0.3 is 19.9 Å². The standard InChI is InChI=1S/C44H44N2O4/c47-32-13-33-49-40-28-26-39(27-29-40)42-46-44(30-12-19-35-16-6-2-7-17-35,43(48)45-31-11-10-18-34-14-4-1-5-15-34)41(50-42)38-24-22-37(23-25-38)36-20-8-3-9-21-36/h1-9,12,14-17,19-29,41,47H,10-11,13,18,30-33H2,(H,45,48)/b19-12+/t41-,44-/m1/s1. The molecule has 1 heterocycles. The second-order valence-electron chi connectivity index (χ2n) is 12.5. The van der Waals surface area contributed by atoms with E-state index in [2.05, 4.69) is 53.8 Å². The molecule has 6 rings (SSSR count). The molecule has 1 aliphatic heterocycles. The summed E-state index contributed by atoms with van der Waals surface area (Å²) in [5.74, 6) is 0.946. The van der Waals surface area contributed by atoms with E-state index in [-0.39, 0.29) is 12.5 Å². The number of carbonyl (C=O) groups is 1. The predicted molar refractivity (Wildman–Crippen MR) is 201 cm³/mol. The maximum atomic E-state index is 14.5. The number of aliphatic imine (C=N–C) groups is 1. The Morgan fingerprint density at radius 1 is 0.760 bits per heavy atom. The second kappa shape index (κ2) is 17.3. The van der Waals surface area contributed by atoms with Crippen molar-refractivity contribution >= 4 is 17.9 Å². The first-order chi connectivity index (χ1) is 24.6. The lowest BCUT2D eigenvalue weighted by atomic mass is 9.83. The van der Waals surface area contributed by atoms with E-state index in [1.807, 2.05) is 103 Å². The molecular formula is C44H44N2O4. The molecule has 0 aliphatic carbocycles. The summed E-state index contributed by atoms with van der Waals surface area (Å²) in [6.45, 7) is 1.04. The normalized spacial score (nSPS) is 16.9. The SMILES string of the molecule is O=C(NCCCCc1ccccc1)[C@]1(C/C=C/c2ccccc2)N=C(c2ccc(OCCCO)cc2)O[C@@H]1c1ccc(-c2ccccc2)cc1. The Kier molecular flexibility index (Phi) is 11.9. The summed E-state index contributed by atoms with van der Waals surface area (Å²) >= 11 is 0. The van der Waals surface area contributed by atoms with Crippen LogP contribution in [-0.4, -0.2) is 42.2 Å². The average molecular weight is 665 g/mol. The number of unbranched alkanes of at least 4 members (excludes halogenated alkanes) is 1. The number of ether oxygens (including phenoxy) is 2. The number of rotatable bonds is 16. The van der Waals surface area contributed by atoms with Gasteiger partial charge in [-0.1, -0.05) is 127 Å². The fourth-order valence-electron chi connectivity index (χ4n) is 6.19. The molecule has 6 heteroatoms. The van der Waals surface area contributed by atoms with Gasteiger partial charge in [0.25, 0.3) is 5.91 Å². The largest absolute Gasteiger partial charge is 0.494 e. The van der Waals surface area contributed by atoms with E-state index in [0.717, 1.165) is 47.1 Å². The predicted octanol–water partition coefficient (Wildman–Crippen LogP) is 8.61. The molecule has 1 amide bonds. The van der Waals surface area contributed by atoms with Crippen molar-refractivity contribution in [2.24, 2.45) is 4.99 Å². The molecular weight excluding hydrogens is 620 g/mol. The first kappa shape index (κ1) is 34.4. The monoisotopic (exact) mass is 664 g/mol. The fourth-order valence-corrected chi connectivity index (χ4v) is 6.19. The van der Waals surface area contributed by atoms with Crippen molar-refractivity contribution in [2.45, 2.75) is 43.7 Å². The van der Waals surface area contributed by atoms with Crippen molar-refractivity contribution in [3.63, 3.8) is 0 Å². The molecule has 5 aromatic rings. The summed E-state index contributed by atoms with van der Waals surface area (Å²) in [5.41, 5.74) is 4.94. The highest BCUT2D eigenvalue weighted by molar-refractivity contribution is 6.01. The van der Waals surface area contributed by atoms with E-state index < -0.39 is 11.6 Å². The Balaban J connectivity index is 1.30. The number of nitrogens with zero attached hydrogens (tertiary/aromatic N) is 1. The molecule has 0 unspecified atom stereocenters. The van der Waals surface area contributed by atoms with Gasteiger partial charge in [-0.05, 0) is 71.3 Å². The van der Waals surface area contributed by atoms with Crippen LogP contribution in [-0.2, 0) is 16.0 Å². The van der Waals surface area contributed by atoms with Crippen molar-refractivity contribution < 1.29 is 19.4 Å². The van der Waals surface area contributed by atoms with Crippen LogP contribution in [0.1, 0.15) is 54.0 Å². The highest BCUT2D eigenvalue weighted by Gasteiger charge is 2.52. The van der Waals surface area contributed by atoms with Crippen LogP contribution in [0.4, 0.5) is 0 Å². The number of aliphatic hydroxyl groups is 1. The Morgan fingerprint density at radius 3 is 2.10 bits per heavy atom. The van der Waals surface area contributed by atoms with E-state index in [9.17, 15) is 4.79 Å². The van der Waals surface area contributed by atoms with E-state index in [4.69, 9.17) is 19.6 Å². The van der Waals surface area contributed by atoms with Crippen LogP contribution in [0.2, 0.25) is 0 Å². The van der Waals surface area contributed by atoms with Crippen LogP contribution in [0.5, 0.6) is 5.75 Å². The van der Waals surface area contributed by atoms with E-state index in [1.165, 1.54) is 5.56 Å². The highest BCUT2D eigenvalue weighted by Crippen LogP contribution is 2.43. The Bertz CT molecular complexity index is 1840. The van der Waals surface area contributed by atoms with Gasteiger partial charge in [0.05, 0.1) is 6.61 Å². The zero-order valence-corrected chi connectivity index (χ0v) is 28.3. The second-order valence-corrected chi connectivity index (χ2v) is 12.5. The van der Waals surface area contributed by atoms with Crippen molar-refractivity contribution in [1.82, 2.24) is 5.32 Å². The molecule has 6 nitrogen and oxygen atoms in total. The molecule has 0 spiro atoms. The molecule has 0 saturated heterocycles. The van der Waals surface area contributed by atoms with Gasteiger partial charge in [-0.25, -0.2) is 4.99 Å². The van der Waals surface area contributed by atoms with Crippen LogP contribution >= 0.6 is 0 Å². The number of nitrogens with one attached hydrogen (secondary N) is 1. The Morgan fingerprint density at radius 2 is 1.40 bits per heavy atom. The molecule has 254 valence electrons. The molecule has 0 saturated carbocycles. The van der Waals surface area contributed by atoms with Gasteiger partial charge in [-0.3, -0.25) is 4.79 Å². The zero-order chi connectivity index (χ0) is 34.4. The van der Waals surface area contributed by atoms with Crippen molar-refractivity contribution in [2.75, 3.05) is 19.8 Å². The first-order valence-corrected chi connectivity index (χ1v) is 17.4. The number of aryl methyl sites for hydroxylation is 1. The van der Waals surface area contributed by atoms with E-state index >= 15 is 0 Å². The third-order valence-corrected chi connectivity index (χ3v) is 8.91. The number of benzene rings is 5. The topological polar surface area (TPSA) is 80.2 Å². The van der Waals surface area contributed by atoms with Crippen LogP contribution in [0.25, 0.3) is 17.2 Å². The maximum Gasteiger partial charge on any atom is 0.252 e. The smallest absolute Gasteiger partial charge is 0.252 e. The highest BCUT2D eigenvalue weighted by atomic mass is 16.5. The lowest BCUT2D eigenvalue weighted by Crippen LogP contribution is -2.48. The minimum Gasteiger partial charge on any atom is -0.494 e. The van der Waals surface area contributed by atoms with Gasteiger partial charge in [0, 0.05) is 31.6 Å². The number of aliphatic hydroxyl groups excluding tert-OH is 1. The van der Waals surface area contributed by atoms with Crippen LogP contribution in [0.15, 0.2) is 151 Å². The van der Waals surface area contributed by atoms with Crippen molar-refractivity contribution in [1.29, 1.82) is 0 Å². The fraction of sp³-hybridized carbons (Fsp3) is 0.227. The minimum absolute atomic E-state index is 0.0757. The molecule has 2 atom stereocenters. The quantitative estimate of drug-likeness (QED) is 0.104. The Labute approximate surface area is 295 Å². The van der Waals surface area contributed by atoms with Crippen LogP contribution in [0.3, 0.4) is 0 Å². The molecule has 5 aromatic carbocycles. The van der Waals surface area contributed by atoms with Crippen LogP contribution in [0, 0.1) is 0 Å². The van der Waals surface area contributed by atoms with Gasteiger partial charge in [0.2, 0.25) is 5.90 Å². The molecule has 0 radical (unpaired) electrons. The van der Waals surface area contributed by atoms with Crippen molar-refractivity contribution in [3.05, 3.63) is 168 Å². The number of carbonyl (C=O) groups excluding carboxylic acids is 1. The number of amides is 1. The number of hydrogen-bond acceptors (Lipinski definition) is 5. The van der Waals surface area contributed by atoms with Crippen LogP contribution < -0.4 is 10.1 Å². The molecule has 2 N–H and O–H groups in total. The molecule has 0 aromatic heterocycles. The average Bonchev–Trinajstić information content (AvgIpc) is 3.57. The summed E-state index contributed by atoms with van der Waals surface area (Å²) in [5, 5.41) is 12.4. The van der Waals surface area contributed by atoms with Gasteiger partial charge in [0.15, 0.2) is 11.6 Å². The minimum atomic E-state index is -1.25. The summed E-state index contributed by atoms with van der Waals surface area (Å²) in [7, 11) is 0. The van der Waals surface area contributed by atoms with Gasteiger partial charge in [-0.15, -0.1) is 0 Å². The lowest BCUT2D eigenvalue weighted by molar-refractivity contribution is -0.128. The molecule has 1 aliphatic rings. The van der Waals surface area contributed by atoms with E-state index in [1.54, 1.807) is 0 Å². The maximum absolute atomic E-state index is 14.5. The van der Waals surface area contributed by atoms with Crippen molar-refractivity contribution in [3.8, 4) is 16.9 Å². The zero-order valence-electron chi connectivity index (χ0n) is 28.3. The van der Waals surface area contributed by atoms with Gasteiger partial charge >= 0.3 is 0 Å². The summed E-state index contributed by atoms with van der Waals surface area (Å²) in [6, 6.07) is 46.5. The summed E-state index contributed by atoms with van der Waals surface area (Å²) in [6.07, 6.45) is 7.09. The third-order valence-electron chi connectivity index (χ3n) is 8.91. The van der Waals surface area contributed by atoms with Gasteiger partial charge in [-0.2, -0.15) is 0 Å². The first-order valence-electron chi connectivity index (χ1n) is 17.4. The molecule has 0 fully saturated rings. The summed E-state index contributed by atoms with van der Waals surface area (Å²) in [4.78, 5) is 19.7.